The molecule has 0 fully saturated rings. The van der Waals surface area contributed by atoms with E-state index in [1.54, 1.807) is 0 Å². The molecule has 0 heterocycles. The Kier molecular flexibility index (Phi) is 17.8. The second kappa shape index (κ2) is 13.7. The summed E-state index contributed by atoms with van der Waals surface area (Å²) < 4.78 is 3.34. The van der Waals surface area contributed by atoms with Gasteiger partial charge in [0.1, 0.15) is 0 Å². The van der Waals surface area contributed by atoms with Crippen LogP contribution < -0.4 is 0 Å². The van der Waals surface area contributed by atoms with Crippen LogP contribution in [0.2, 0.25) is 0 Å². The average molecular weight is 364 g/mol. The average Bonchev–Trinajstić information content (AvgIpc) is 2.83. The Morgan fingerprint density at radius 1 is 0.833 bits per heavy atom. The minimum atomic E-state index is 0. The molecular formula is C15H22Cl2Zr. The standard InChI is InChI=1S/2C7H9.CH2.2ClH.Zr/c2*1-6-4-3-5-7(6)2;;;;/h2*4H,3H2,1-2H3;1H2;2*1H;/q2*-1;;;;+2. The van der Waals surface area contributed by atoms with E-state index in [0.717, 1.165) is 12.8 Å². The first-order valence-electron chi connectivity index (χ1n) is 5.45. The Bertz CT molecular complexity index is 284. The Labute approximate surface area is 139 Å². The Balaban J connectivity index is -0.000000200. The van der Waals surface area contributed by atoms with Crippen molar-refractivity contribution in [3.8, 4) is 0 Å². The summed E-state index contributed by atoms with van der Waals surface area (Å²) in [5.41, 5.74) is 5.42. The molecule has 2 aliphatic rings. The fourth-order valence-electron chi connectivity index (χ4n) is 1.30. The third-order valence-corrected chi connectivity index (χ3v) is 2.73. The topological polar surface area (TPSA) is 0 Å². The first-order valence-corrected chi connectivity index (χ1v) is 7.19. The van der Waals surface area contributed by atoms with Gasteiger partial charge in [-0.15, -0.1) is 51.5 Å². The molecule has 0 aliphatic heterocycles. The van der Waals surface area contributed by atoms with Crippen molar-refractivity contribution in [1.82, 2.24) is 0 Å². The minimum absolute atomic E-state index is 0. The van der Waals surface area contributed by atoms with Crippen LogP contribution in [0.15, 0.2) is 34.4 Å². The van der Waals surface area contributed by atoms with Crippen LogP contribution in [0.4, 0.5) is 0 Å². The van der Waals surface area contributed by atoms with Gasteiger partial charge in [-0.05, 0) is 0 Å². The van der Waals surface area contributed by atoms with E-state index in [1.165, 1.54) is 46.5 Å². The quantitative estimate of drug-likeness (QED) is 0.532. The predicted octanol–water partition coefficient (Wildman–Crippen LogP) is 4.98. The van der Waals surface area contributed by atoms with Gasteiger partial charge in [-0.25, -0.2) is 22.3 Å². The van der Waals surface area contributed by atoms with Gasteiger partial charge < -0.3 is 0 Å². The van der Waals surface area contributed by atoms with E-state index >= 15 is 0 Å². The zero-order chi connectivity index (χ0) is 12.6. The van der Waals surface area contributed by atoms with E-state index in [0.29, 0.717) is 0 Å². The maximum atomic E-state index is 3.34. The normalized spacial score (nSPS) is 15.2. The number of rotatable bonds is 0. The molecule has 0 N–H and O–H groups in total. The van der Waals surface area contributed by atoms with E-state index < -0.39 is 0 Å². The third kappa shape index (κ3) is 9.25. The second-order valence-corrected chi connectivity index (χ2v) is 3.79. The van der Waals surface area contributed by atoms with Gasteiger partial charge in [-0.1, -0.05) is 13.8 Å². The molecule has 0 atom stereocenters. The molecule has 0 saturated carbocycles. The Hall–Kier alpha value is 0.293. The SMILES string of the molecule is CC1=[C-]CC=C1C.CC1=[C-]CC=C1C.Cl.Cl.[CH2]=[Zr+2]. The van der Waals surface area contributed by atoms with Gasteiger partial charge in [0, 0.05) is 0 Å². The molecule has 0 unspecified atom stereocenters. The first-order chi connectivity index (χ1) is 7.61. The van der Waals surface area contributed by atoms with Crippen LogP contribution in [0.3, 0.4) is 0 Å². The van der Waals surface area contributed by atoms with Crippen molar-refractivity contribution in [2.45, 2.75) is 40.5 Å². The zero-order valence-electron chi connectivity index (χ0n) is 11.6. The van der Waals surface area contributed by atoms with Gasteiger partial charge in [-0.2, -0.15) is 12.2 Å². The molecular weight excluding hydrogens is 342 g/mol. The predicted molar refractivity (Wildman–Crippen MR) is 83.2 cm³/mol. The molecule has 0 aromatic rings. The van der Waals surface area contributed by atoms with E-state index in [2.05, 4.69) is 56.2 Å². The van der Waals surface area contributed by atoms with Gasteiger partial charge >= 0.3 is 28.4 Å². The van der Waals surface area contributed by atoms with Crippen molar-refractivity contribution < 1.29 is 24.2 Å². The third-order valence-electron chi connectivity index (χ3n) is 2.73. The van der Waals surface area contributed by atoms with Crippen LogP contribution in [0, 0.1) is 12.2 Å². The number of halogens is 2. The summed E-state index contributed by atoms with van der Waals surface area (Å²) in [4.78, 5) is 0. The summed E-state index contributed by atoms with van der Waals surface area (Å²) in [6.45, 7) is 8.43. The van der Waals surface area contributed by atoms with Crippen molar-refractivity contribution in [3.63, 3.8) is 0 Å². The summed E-state index contributed by atoms with van der Waals surface area (Å²) in [6.07, 6.45) is 12.8. The van der Waals surface area contributed by atoms with Gasteiger partial charge in [0.25, 0.3) is 0 Å². The van der Waals surface area contributed by atoms with E-state index in [1.807, 2.05) is 0 Å². The molecule has 0 amide bonds. The van der Waals surface area contributed by atoms with Crippen molar-refractivity contribution in [2.75, 3.05) is 0 Å². The van der Waals surface area contributed by atoms with Crippen LogP contribution in [0.1, 0.15) is 40.5 Å². The molecule has 0 nitrogen and oxygen atoms in total. The Morgan fingerprint density at radius 2 is 1.11 bits per heavy atom. The van der Waals surface area contributed by atoms with Gasteiger partial charge in [0.05, 0.1) is 0 Å². The number of allylic oxidation sites excluding steroid dienone is 8. The second-order valence-electron chi connectivity index (χ2n) is 3.79. The molecule has 100 valence electrons. The molecule has 2 aliphatic carbocycles. The van der Waals surface area contributed by atoms with Crippen molar-refractivity contribution in [3.05, 3.63) is 46.6 Å². The molecule has 0 aromatic heterocycles. The van der Waals surface area contributed by atoms with Crippen molar-refractivity contribution in [2.24, 2.45) is 0 Å². The van der Waals surface area contributed by atoms with E-state index in [-0.39, 0.29) is 24.8 Å². The molecule has 0 aromatic carbocycles. The zero-order valence-corrected chi connectivity index (χ0v) is 15.7. The van der Waals surface area contributed by atoms with Crippen molar-refractivity contribution in [1.29, 1.82) is 0 Å². The summed E-state index contributed by atoms with van der Waals surface area (Å²) in [5, 5.41) is 0. The molecule has 2 rings (SSSR count). The van der Waals surface area contributed by atoms with Gasteiger partial charge in [-0.3, -0.25) is 12.2 Å². The van der Waals surface area contributed by atoms with Crippen LogP contribution >= 0.6 is 24.8 Å². The summed E-state index contributed by atoms with van der Waals surface area (Å²) in [6, 6.07) is 0. The van der Waals surface area contributed by atoms with Crippen LogP contribution in [0.5, 0.6) is 0 Å². The van der Waals surface area contributed by atoms with Gasteiger partial charge in [0.15, 0.2) is 0 Å². The van der Waals surface area contributed by atoms with Gasteiger partial charge in [0.2, 0.25) is 0 Å². The number of hydrogen-bond acceptors (Lipinski definition) is 0. The first kappa shape index (κ1) is 23.4. The molecule has 0 bridgehead atoms. The molecule has 0 spiro atoms. The summed E-state index contributed by atoms with van der Waals surface area (Å²) >= 11 is 1.30. The van der Waals surface area contributed by atoms with Crippen LogP contribution in [-0.2, 0) is 24.2 Å². The van der Waals surface area contributed by atoms with Crippen molar-refractivity contribution >= 4 is 29.0 Å². The molecule has 3 heteroatoms. The molecule has 0 saturated heterocycles. The van der Waals surface area contributed by atoms with E-state index in [4.69, 9.17) is 0 Å². The number of hydrogen-bond donors (Lipinski definition) is 0. The monoisotopic (exact) mass is 362 g/mol. The summed E-state index contributed by atoms with van der Waals surface area (Å²) in [5.74, 6) is 0. The fourth-order valence-corrected chi connectivity index (χ4v) is 1.30. The molecule has 18 heavy (non-hydrogen) atoms. The van der Waals surface area contributed by atoms with E-state index in [9.17, 15) is 0 Å². The summed E-state index contributed by atoms with van der Waals surface area (Å²) in [7, 11) is 0. The fraction of sp³-hybridized carbons (Fsp3) is 0.400. The van der Waals surface area contributed by atoms with Crippen LogP contribution in [-0.4, -0.2) is 4.21 Å². The molecule has 0 radical (unpaired) electrons. The van der Waals surface area contributed by atoms with Crippen LogP contribution in [0.25, 0.3) is 0 Å². The maximum absolute atomic E-state index is 3.34. The Morgan fingerprint density at radius 3 is 1.17 bits per heavy atom.